The number of anilines is 1. The van der Waals surface area contributed by atoms with E-state index in [2.05, 4.69) is 15.5 Å². The highest BCUT2D eigenvalue weighted by atomic mass is 16.5. The van der Waals surface area contributed by atoms with Crippen molar-refractivity contribution >= 4 is 11.6 Å². The molecule has 3 N–H and O–H groups in total. The molecular formula is C12H12N4O3. The van der Waals surface area contributed by atoms with Crippen molar-refractivity contribution in [2.75, 3.05) is 5.32 Å². The monoisotopic (exact) mass is 260 g/mol. The van der Waals surface area contributed by atoms with Crippen LogP contribution < -0.4 is 15.8 Å². The first-order valence-corrected chi connectivity index (χ1v) is 5.82. The van der Waals surface area contributed by atoms with Crippen molar-refractivity contribution in [3.8, 4) is 17.1 Å². The van der Waals surface area contributed by atoms with Crippen LogP contribution in [-0.2, 0) is 11.3 Å². The smallest absolute Gasteiger partial charge is 0.265 e. The molecule has 1 atom stereocenters. The maximum absolute atomic E-state index is 11.6. The van der Waals surface area contributed by atoms with Gasteiger partial charge < -0.3 is 20.3 Å². The summed E-state index contributed by atoms with van der Waals surface area (Å²) in [6, 6.07) is 5.30. The van der Waals surface area contributed by atoms with E-state index in [0.29, 0.717) is 23.2 Å². The van der Waals surface area contributed by atoms with Crippen LogP contribution in [0.2, 0.25) is 0 Å². The Morgan fingerprint density at radius 3 is 3.05 bits per heavy atom. The lowest BCUT2D eigenvalue weighted by Gasteiger charge is -2.23. The van der Waals surface area contributed by atoms with E-state index in [9.17, 15) is 4.79 Å². The zero-order valence-electron chi connectivity index (χ0n) is 10.2. The molecule has 98 valence electrons. The molecule has 1 amide bonds. The largest absolute Gasteiger partial charge is 0.479 e. The van der Waals surface area contributed by atoms with Crippen molar-refractivity contribution in [2.24, 2.45) is 5.73 Å². The number of aromatic nitrogens is 2. The topological polar surface area (TPSA) is 103 Å². The standard InChI is InChI=1S/C12H12N4O3/c1-6-12(17)14-8-4-7(2-3-9(8)18-6)11-15-10(5-13)19-16-11/h2-4,6H,5,13H2,1H3,(H,14,17). The van der Waals surface area contributed by atoms with Gasteiger partial charge in [-0.2, -0.15) is 4.98 Å². The minimum Gasteiger partial charge on any atom is -0.479 e. The number of nitrogens with two attached hydrogens (primary N) is 1. The second-order valence-electron chi connectivity index (χ2n) is 4.18. The number of rotatable bonds is 2. The van der Waals surface area contributed by atoms with E-state index in [-0.39, 0.29) is 12.5 Å². The summed E-state index contributed by atoms with van der Waals surface area (Å²) >= 11 is 0. The number of carbonyl (C=O) groups excluding carboxylic acids is 1. The number of ether oxygens (including phenoxy) is 1. The van der Waals surface area contributed by atoms with Gasteiger partial charge in [-0.15, -0.1) is 0 Å². The molecule has 2 aromatic rings. The minimum atomic E-state index is -0.493. The van der Waals surface area contributed by atoms with E-state index in [0.717, 1.165) is 5.56 Å². The van der Waals surface area contributed by atoms with Gasteiger partial charge in [0.1, 0.15) is 5.75 Å². The van der Waals surface area contributed by atoms with Crippen molar-refractivity contribution in [3.63, 3.8) is 0 Å². The molecule has 1 unspecified atom stereocenters. The van der Waals surface area contributed by atoms with E-state index in [4.69, 9.17) is 15.0 Å². The summed E-state index contributed by atoms with van der Waals surface area (Å²) in [7, 11) is 0. The van der Waals surface area contributed by atoms with E-state index >= 15 is 0 Å². The van der Waals surface area contributed by atoms with Crippen LogP contribution in [0.1, 0.15) is 12.8 Å². The number of benzene rings is 1. The van der Waals surface area contributed by atoms with Crippen molar-refractivity contribution in [1.29, 1.82) is 0 Å². The number of fused-ring (bicyclic) bond motifs is 1. The fourth-order valence-electron chi connectivity index (χ4n) is 1.80. The number of hydrogen-bond acceptors (Lipinski definition) is 6. The Labute approximate surface area is 108 Å². The third-order valence-electron chi connectivity index (χ3n) is 2.81. The van der Waals surface area contributed by atoms with Crippen LogP contribution in [0.3, 0.4) is 0 Å². The molecule has 7 nitrogen and oxygen atoms in total. The Bertz CT molecular complexity index is 638. The predicted molar refractivity (Wildman–Crippen MR) is 66.3 cm³/mol. The molecule has 7 heteroatoms. The fraction of sp³-hybridized carbons (Fsp3) is 0.250. The van der Waals surface area contributed by atoms with Crippen LogP contribution in [0.15, 0.2) is 22.7 Å². The highest BCUT2D eigenvalue weighted by Gasteiger charge is 2.24. The maximum Gasteiger partial charge on any atom is 0.265 e. The Balaban J connectivity index is 1.97. The van der Waals surface area contributed by atoms with E-state index in [1.165, 1.54) is 0 Å². The minimum absolute atomic E-state index is 0.180. The molecule has 0 saturated carbocycles. The highest BCUT2D eigenvalue weighted by Crippen LogP contribution is 2.33. The van der Waals surface area contributed by atoms with Gasteiger partial charge in [-0.25, -0.2) is 0 Å². The Hall–Kier alpha value is -2.41. The maximum atomic E-state index is 11.6. The summed E-state index contributed by atoms with van der Waals surface area (Å²) in [6.45, 7) is 1.88. The molecule has 0 aliphatic carbocycles. The average Bonchev–Trinajstić information content (AvgIpc) is 2.88. The summed E-state index contributed by atoms with van der Waals surface area (Å²) < 4.78 is 10.4. The van der Waals surface area contributed by atoms with Gasteiger partial charge in [0.25, 0.3) is 5.91 Å². The molecule has 19 heavy (non-hydrogen) atoms. The summed E-state index contributed by atoms with van der Waals surface area (Å²) in [5.41, 5.74) is 6.73. The van der Waals surface area contributed by atoms with Gasteiger partial charge in [-0.3, -0.25) is 4.79 Å². The van der Waals surface area contributed by atoms with Gasteiger partial charge in [0, 0.05) is 5.56 Å². The molecule has 2 heterocycles. The number of hydrogen-bond donors (Lipinski definition) is 2. The molecule has 1 aromatic heterocycles. The van der Waals surface area contributed by atoms with Crippen molar-refractivity contribution < 1.29 is 14.1 Å². The lowest BCUT2D eigenvalue weighted by atomic mass is 10.1. The normalized spacial score (nSPS) is 17.6. The molecular weight excluding hydrogens is 248 g/mol. The number of carbonyl (C=O) groups is 1. The first-order chi connectivity index (χ1) is 9.17. The van der Waals surface area contributed by atoms with Gasteiger partial charge in [0.2, 0.25) is 11.7 Å². The van der Waals surface area contributed by atoms with Gasteiger partial charge in [-0.05, 0) is 25.1 Å². The molecule has 0 spiro atoms. The number of nitrogens with one attached hydrogen (secondary N) is 1. The lowest BCUT2D eigenvalue weighted by Crippen LogP contribution is -2.34. The third kappa shape index (κ3) is 2.04. The van der Waals surface area contributed by atoms with Gasteiger partial charge in [0.15, 0.2) is 6.10 Å². The molecule has 1 aliphatic heterocycles. The SMILES string of the molecule is CC1Oc2ccc(-c3noc(CN)n3)cc2NC1=O. The van der Waals surface area contributed by atoms with Gasteiger partial charge in [-0.1, -0.05) is 5.16 Å². The molecule has 0 radical (unpaired) electrons. The van der Waals surface area contributed by atoms with Gasteiger partial charge in [0.05, 0.1) is 12.2 Å². The third-order valence-corrected chi connectivity index (χ3v) is 2.81. The van der Waals surface area contributed by atoms with Crippen molar-refractivity contribution in [2.45, 2.75) is 19.6 Å². The van der Waals surface area contributed by atoms with Crippen molar-refractivity contribution in [3.05, 3.63) is 24.1 Å². The highest BCUT2D eigenvalue weighted by molar-refractivity contribution is 5.98. The molecule has 1 aromatic carbocycles. The summed E-state index contributed by atoms with van der Waals surface area (Å²) in [6.07, 6.45) is -0.493. The summed E-state index contributed by atoms with van der Waals surface area (Å²) in [4.78, 5) is 15.7. The average molecular weight is 260 g/mol. The predicted octanol–water partition coefficient (Wildman–Crippen LogP) is 0.915. The second-order valence-corrected chi connectivity index (χ2v) is 4.18. The first kappa shape index (κ1) is 11.7. The second kappa shape index (κ2) is 4.36. The molecule has 1 aliphatic rings. The Morgan fingerprint density at radius 1 is 1.47 bits per heavy atom. The molecule has 0 bridgehead atoms. The quantitative estimate of drug-likeness (QED) is 0.832. The van der Waals surface area contributed by atoms with Crippen molar-refractivity contribution in [1.82, 2.24) is 10.1 Å². The van der Waals surface area contributed by atoms with Crippen LogP contribution in [-0.4, -0.2) is 22.2 Å². The van der Waals surface area contributed by atoms with E-state index in [1.807, 2.05) is 0 Å². The van der Waals surface area contributed by atoms with Crippen LogP contribution in [0, 0.1) is 0 Å². The number of nitrogens with zero attached hydrogens (tertiary/aromatic N) is 2. The van der Waals surface area contributed by atoms with Crippen LogP contribution in [0.5, 0.6) is 5.75 Å². The number of amides is 1. The Morgan fingerprint density at radius 2 is 2.32 bits per heavy atom. The summed E-state index contributed by atoms with van der Waals surface area (Å²) in [5.74, 6) is 1.23. The van der Waals surface area contributed by atoms with Crippen LogP contribution >= 0.6 is 0 Å². The fourth-order valence-corrected chi connectivity index (χ4v) is 1.80. The van der Waals surface area contributed by atoms with Gasteiger partial charge >= 0.3 is 0 Å². The van der Waals surface area contributed by atoms with E-state index in [1.54, 1.807) is 25.1 Å². The van der Waals surface area contributed by atoms with Crippen LogP contribution in [0.25, 0.3) is 11.4 Å². The van der Waals surface area contributed by atoms with E-state index < -0.39 is 6.10 Å². The lowest BCUT2D eigenvalue weighted by molar-refractivity contribution is -0.122. The molecule has 3 rings (SSSR count). The molecule has 0 saturated heterocycles. The first-order valence-electron chi connectivity index (χ1n) is 5.82. The zero-order chi connectivity index (χ0) is 13.4. The Kier molecular flexibility index (Phi) is 2.68. The summed E-state index contributed by atoms with van der Waals surface area (Å²) in [5, 5.41) is 6.59. The van der Waals surface area contributed by atoms with Crippen LogP contribution in [0.4, 0.5) is 5.69 Å². The zero-order valence-corrected chi connectivity index (χ0v) is 10.2. The molecule has 0 fully saturated rings.